The highest BCUT2D eigenvalue weighted by Crippen LogP contribution is 2.24. The second-order valence-corrected chi connectivity index (χ2v) is 6.00. The van der Waals surface area contributed by atoms with Crippen molar-refractivity contribution in [2.45, 2.75) is 6.54 Å². The molecule has 0 unspecified atom stereocenters. The summed E-state index contributed by atoms with van der Waals surface area (Å²) in [6.45, 7) is 0.129. The van der Waals surface area contributed by atoms with Crippen LogP contribution in [0.5, 0.6) is 17.2 Å². The number of pyridine rings is 1. The maximum Gasteiger partial charge on any atom is 0.244 e. The number of aromatic nitrogens is 1. The third-order valence-electron chi connectivity index (χ3n) is 3.93. The number of rotatable bonds is 7. The van der Waals surface area contributed by atoms with Gasteiger partial charge in [-0.05, 0) is 53.6 Å². The van der Waals surface area contributed by atoms with Crippen molar-refractivity contribution in [2.24, 2.45) is 0 Å². The standard InChI is InChI=1S/C22H18F2N2O3/c1-28-20-7-4-15(11-18(20)23)6-9-22(27)26-13-16-5-8-21(19(24)12-16)29-17-3-2-10-25-14-17/h2-12,14H,13H2,1H3,(H,26,27)/b9-6+. The van der Waals surface area contributed by atoms with Crippen LogP contribution in [0, 0.1) is 11.6 Å². The third-order valence-corrected chi connectivity index (χ3v) is 3.93. The summed E-state index contributed by atoms with van der Waals surface area (Å²) in [5, 5.41) is 2.64. The zero-order valence-electron chi connectivity index (χ0n) is 15.6. The first kappa shape index (κ1) is 20.0. The van der Waals surface area contributed by atoms with E-state index in [2.05, 4.69) is 10.3 Å². The molecule has 0 fully saturated rings. The number of carbonyl (C=O) groups is 1. The Morgan fingerprint density at radius 1 is 1.10 bits per heavy atom. The molecular weight excluding hydrogens is 378 g/mol. The number of methoxy groups -OCH3 is 1. The van der Waals surface area contributed by atoms with Crippen LogP contribution in [0.15, 0.2) is 67.0 Å². The van der Waals surface area contributed by atoms with E-state index in [1.165, 1.54) is 49.7 Å². The Balaban J connectivity index is 1.56. The Labute approximate surface area is 166 Å². The van der Waals surface area contributed by atoms with E-state index in [0.717, 1.165) is 0 Å². The minimum atomic E-state index is -0.551. The molecule has 0 saturated heterocycles. The van der Waals surface area contributed by atoms with E-state index in [1.807, 2.05) is 0 Å². The first-order valence-electron chi connectivity index (χ1n) is 8.71. The predicted octanol–water partition coefficient (Wildman–Crippen LogP) is 4.49. The minimum absolute atomic E-state index is 0.0644. The van der Waals surface area contributed by atoms with Crippen molar-refractivity contribution in [3.63, 3.8) is 0 Å². The molecule has 3 rings (SSSR count). The number of carbonyl (C=O) groups excluding carboxylic acids is 1. The van der Waals surface area contributed by atoms with Crippen LogP contribution in [0.4, 0.5) is 8.78 Å². The summed E-state index contributed by atoms with van der Waals surface area (Å²) < 4.78 is 38.1. The molecule has 7 heteroatoms. The van der Waals surface area contributed by atoms with Gasteiger partial charge in [-0.2, -0.15) is 0 Å². The maximum atomic E-state index is 14.2. The largest absolute Gasteiger partial charge is 0.494 e. The molecule has 1 N–H and O–H groups in total. The second kappa shape index (κ2) is 9.45. The number of nitrogens with zero attached hydrogens (tertiary/aromatic N) is 1. The fourth-order valence-corrected chi connectivity index (χ4v) is 2.48. The number of benzene rings is 2. The quantitative estimate of drug-likeness (QED) is 0.598. The number of hydrogen-bond donors (Lipinski definition) is 1. The van der Waals surface area contributed by atoms with Gasteiger partial charge in [-0.25, -0.2) is 8.78 Å². The minimum Gasteiger partial charge on any atom is -0.494 e. The number of hydrogen-bond acceptors (Lipinski definition) is 4. The lowest BCUT2D eigenvalue weighted by Gasteiger charge is -2.08. The molecule has 29 heavy (non-hydrogen) atoms. The van der Waals surface area contributed by atoms with Gasteiger partial charge < -0.3 is 14.8 Å². The molecule has 0 radical (unpaired) electrons. The van der Waals surface area contributed by atoms with E-state index in [0.29, 0.717) is 16.9 Å². The molecule has 3 aromatic rings. The van der Waals surface area contributed by atoms with Gasteiger partial charge >= 0.3 is 0 Å². The molecule has 1 amide bonds. The number of halogens is 2. The highest BCUT2D eigenvalue weighted by atomic mass is 19.1. The number of nitrogens with one attached hydrogen (secondary N) is 1. The van der Waals surface area contributed by atoms with Crippen molar-refractivity contribution in [1.82, 2.24) is 10.3 Å². The van der Waals surface area contributed by atoms with E-state index < -0.39 is 17.5 Å². The molecular formula is C22H18F2N2O3. The van der Waals surface area contributed by atoms with Gasteiger partial charge in [0.2, 0.25) is 5.91 Å². The molecule has 0 atom stereocenters. The molecule has 1 heterocycles. The molecule has 0 aliphatic carbocycles. The second-order valence-electron chi connectivity index (χ2n) is 6.00. The molecule has 0 bridgehead atoms. The van der Waals surface area contributed by atoms with Crippen LogP contribution in [-0.4, -0.2) is 18.0 Å². The van der Waals surface area contributed by atoms with Crippen LogP contribution in [0.1, 0.15) is 11.1 Å². The first-order valence-corrected chi connectivity index (χ1v) is 8.71. The van der Waals surface area contributed by atoms with E-state index in [9.17, 15) is 13.6 Å². The smallest absolute Gasteiger partial charge is 0.244 e. The van der Waals surface area contributed by atoms with Crippen molar-refractivity contribution in [2.75, 3.05) is 7.11 Å². The van der Waals surface area contributed by atoms with Gasteiger partial charge in [0.1, 0.15) is 5.75 Å². The van der Waals surface area contributed by atoms with Gasteiger partial charge in [0.15, 0.2) is 23.1 Å². The fourth-order valence-electron chi connectivity index (χ4n) is 2.48. The van der Waals surface area contributed by atoms with Gasteiger partial charge in [-0.15, -0.1) is 0 Å². The molecule has 1 aromatic heterocycles. The van der Waals surface area contributed by atoms with Crippen molar-refractivity contribution in [1.29, 1.82) is 0 Å². The molecule has 0 aliphatic heterocycles. The average Bonchev–Trinajstić information content (AvgIpc) is 2.73. The lowest BCUT2D eigenvalue weighted by atomic mass is 10.2. The summed E-state index contributed by atoms with van der Waals surface area (Å²) in [5.74, 6) is -0.840. The van der Waals surface area contributed by atoms with E-state index >= 15 is 0 Å². The van der Waals surface area contributed by atoms with Gasteiger partial charge in [0.25, 0.3) is 0 Å². The van der Waals surface area contributed by atoms with Crippen molar-refractivity contribution in [3.8, 4) is 17.2 Å². The van der Waals surface area contributed by atoms with E-state index in [1.54, 1.807) is 30.5 Å². The monoisotopic (exact) mass is 396 g/mol. The summed E-state index contributed by atoms with van der Waals surface area (Å²) in [5.41, 5.74) is 1.08. The number of ether oxygens (including phenoxy) is 2. The van der Waals surface area contributed by atoms with Crippen LogP contribution in [0.3, 0.4) is 0 Å². The Morgan fingerprint density at radius 2 is 1.90 bits per heavy atom. The normalized spacial score (nSPS) is 10.7. The van der Waals surface area contributed by atoms with Crippen LogP contribution >= 0.6 is 0 Å². The Hall–Kier alpha value is -3.74. The highest BCUT2D eigenvalue weighted by molar-refractivity contribution is 5.91. The Morgan fingerprint density at radius 3 is 2.59 bits per heavy atom. The van der Waals surface area contributed by atoms with Gasteiger partial charge in [-0.1, -0.05) is 12.1 Å². The summed E-state index contributed by atoms with van der Waals surface area (Å²) in [7, 11) is 1.38. The van der Waals surface area contributed by atoms with Crippen LogP contribution < -0.4 is 14.8 Å². The highest BCUT2D eigenvalue weighted by Gasteiger charge is 2.07. The molecule has 0 aliphatic rings. The average molecular weight is 396 g/mol. The van der Waals surface area contributed by atoms with E-state index in [-0.39, 0.29) is 18.0 Å². The van der Waals surface area contributed by atoms with Gasteiger partial charge in [0, 0.05) is 18.8 Å². The summed E-state index contributed by atoms with van der Waals surface area (Å²) in [4.78, 5) is 15.9. The lowest BCUT2D eigenvalue weighted by Crippen LogP contribution is -2.20. The topological polar surface area (TPSA) is 60.5 Å². The first-order chi connectivity index (χ1) is 14.0. The zero-order chi connectivity index (χ0) is 20.6. The van der Waals surface area contributed by atoms with Crippen molar-refractivity contribution < 1.29 is 23.0 Å². The summed E-state index contributed by atoms with van der Waals surface area (Å²) in [6.07, 6.45) is 5.82. The molecule has 2 aromatic carbocycles. The Bertz CT molecular complexity index is 1020. The summed E-state index contributed by atoms with van der Waals surface area (Å²) in [6, 6.07) is 12.1. The lowest BCUT2D eigenvalue weighted by molar-refractivity contribution is -0.116. The van der Waals surface area contributed by atoms with Crippen LogP contribution in [-0.2, 0) is 11.3 Å². The third kappa shape index (κ3) is 5.62. The molecule has 0 spiro atoms. The van der Waals surface area contributed by atoms with Gasteiger partial charge in [0.05, 0.1) is 13.3 Å². The van der Waals surface area contributed by atoms with Crippen molar-refractivity contribution in [3.05, 3.63) is 89.8 Å². The van der Waals surface area contributed by atoms with Crippen molar-refractivity contribution >= 4 is 12.0 Å². The fraction of sp³-hybridized carbons (Fsp3) is 0.0909. The maximum absolute atomic E-state index is 14.2. The predicted molar refractivity (Wildman–Crippen MR) is 105 cm³/mol. The SMILES string of the molecule is COc1ccc(/C=C/C(=O)NCc2ccc(Oc3cccnc3)c(F)c2)cc1F. The zero-order valence-corrected chi connectivity index (χ0v) is 15.6. The molecule has 148 valence electrons. The molecule has 0 saturated carbocycles. The summed E-state index contributed by atoms with van der Waals surface area (Å²) >= 11 is 0. The van der Waals surface area contributed by atoms with E-state index in [4.69, 9.17) is 9.47 Å². The van der Waals surface area contributed by atoms with Crippen LogP contribution in [0.25, 0.3) is 6.08 Å². The number of amides is 1. The van der Waals surface area contributed by atoms with Gasteiger partial charge in [-0.3, -0.25) is 9.78 Å². The molecule has 5 nitrogen and oxygen atoms in total. The Kier molecular flexibility index (Phi) is 6.52. The van der Waals surface area contributed by atoms with Crippen LogP contribution in [0.2, 0.25) is 0 Å².